The third kappa shape index (κ3) is 16.2. The van der Waals surface area contributed by atoms with Crippen LogP contribution in [0.3, 0.4) is 0 Å². The van der Waals surface area contributed by atoms with Gasteiger partial charge in [0.2, 0.25) is 0 Å². The van der Waals surface area contributed by atoms with Gasteiger partial charge in [-0.1, -0.05) is 55.8 Å². The molecular formula is C18H32Cl2N3OSiV-. The molecule has 1 aliphatic rings. The number of aliphatic imine (C=N–C) groups is 1. The van der Waals surface area contributed by atoms with Crippen molar-refractivity contribution in [3.05, 3.63) is 40.9 Å². The number of ether oxygens (including phenoxy) is 1. The van der Waals surface area contributed by atoms with E-state index in [4.69, 9.17) is 29.4 Å². The second-order valence-corrected chi connectivity index (χ2v) is 13.9. The molecule has 1 heterocycles. The first-order valence-electron chi connectivity index (χ1n) is 8.77. The Morgan fingerprint density at radius 1 is 1.15 bits per heavy atom. The zero-order valence-corrected chi connectivity index (χ0v) is 20.5. The van der Waals surface area contributed by atoms with Crippen LogP contribution in [0.2, 0.25) is 19.6 Å². The first kappa shape index (κ1) is 26.0. The van der Waals surface area contributed by atoms with Gasteiger partial charge in [0.05, 0.1) is 0 Å². The number of benzene rings is 1. The fourth-order valence-corrected chi connectivity index (χ4v) is 2.80. The van der Waals surface area contributed by atoms with Gasteiger partial charge in [-0.3, -0.25) is 0 Å². The Hall–Kier alpha value is -0.00870. The maximum atomic E-state index is 4.94. The Bertz CT molecular complexity index is 473. The van der Waals surface area contributed by atoms with Gasteiger partial charge >= 0.3 is 34.1 Å². The van der Waals surface area contributed by atoms with Crippen LogP contribution in [0.25, 0.3) is 4.98 Å². The van der Waals surface area contributed by atoms with Crippen molar-refractivity contribution in [2.75, 3.05) is 40.4 Å². The van der Waals surface area contributed by atoms with Gasteiger partial charge in [-0.05, 0) is 45.6 Å². The van der Waals surface area contributed by atoms with Crippen molar-refractivity contribution in [3.8, 4) is 0 Å². The van der Waals surface area contributed by atoms with Gasteiger partial charge in [0.1, 0.15) is 0 Å². The van der Waals surface area contributed by atoms with E-state index in [1.807, 2.05) is 18.2 Å². The fraction of sp³-hybridized carbons (Fsp3) is 0.611. The Morgan fingerprint density at radius 3 is 2.08 bits per heavy atom. The molecule has 0 amide bonds. The molecule has 0 bridgehead atoms. The quantitative estimate of drug-likeness (QED) is 0.339. The summed E-state index contributed by atoms with van der Waals surface area (Å²) in [5, 5.41) is 0. The molecule has 1 aromatic carbocycles. The predicted octanol–water partition coefficient (Wildman–Crippen LogP) is 5.38. The van der Waals surface area contributed by atoms with E-state index in [2.05, 4.69) is 55.8 Å². The third-order valence-electron chi connectivity index (χ3n) is 3.11. The second kappa shape index (κ2) is 16.0. The summed E-state index contributed by atoms with van der Waals surface area (Å²) in [5.74, 6) is 0.914. The zero-order chi connectivity index (χ0) is 19.8. The molecule has 4 nitrogen and oxygen atoms in total. The average Bonchev–Trinajstić information content (AvgIpc) is 3.14. The monoisotopic (exact) mass is 455 g/mol. The molecule has 0 N–H and O–H groups in total. The number of rotatable bonds is 5. The molecule has 0 aromatic heterocycles. The van der Waals surface area contributed by atoms with E-state index in [-0.39, 0.29) is 14.4 Å². The molecule has 149 valence electrons. The van der Waals surface area contributed by atoms with E-state index >= 15 is 0 Å². The molecular weight excluding hydrogens is 424 g/mol. The van der Waals surface area contributed by atoms with Crippen molar-refractivity contribution in [1.29, 1.82) is 0 Å². The summed E-state index contributed by atoms with van der Waals surface area (Å²) < 4.78 is 4.94. The van der Waals surface area contributed by atoms with Crippen LogP contribution in [0.4, 0.5) is 0 Å². The van der Waals surface area contributed by atoms with Gasteiger partial charge in [0, 0.05) is 21.4 Å². The number of halogens is 2. The standard InChI is InChI=1S/C14H24N3Si.C4H8O.2ClH.V/c1-17(2)12-11-15-14(16-18(3,4)5)13-9-7-6-8-10-13;1-2-4-5-3-1;;;/h6-10H,11-12H2,1-5H3;1-4H2;2*1H;/q-1;;;;+2/p-2. The molecule has 0 atom stereocenters. The summed E-state index contributed by atoms with van der Waals surface area (Å²) in [5.41, 5.74) is 1.12. The van der Waals surface area contributed by atoms with Crippen molar-refractivity contribution in [2.45, 2.75) is 32.5 Å². The van der Waals surface area contributed by atoms with Crippen LogP contribution < -0.4 is 0 Å². The van der Waals surface area contributed by atoms with Crippen LogP contribution in [0.5, 0.6) is 0 Å². The Morgan fingerprint density at radius 2 is 1.69 bits per heavy atom. The van der Waals surface area contributed by atoms with E-state index in [9.17, 15) is 0 Å². The summed E-state index contributed by atoms with van der Waals surface area (Å²) >= 11 is -0.368. The first-order chi connectivity index (χ1) is 12.3. The van der Waals surface area contributed by atoms with Crippen molar-refractivity contribution in [1.82, 2.24) is 4.90 Å². The predicted molar refractivity (Wildman–Crippen MR) is 115 cm³/mol. The van der Waals surface area contributed by atoms with Crippen LogP contribution in [-0.2, 0) is 19.1 Å². The van der Waals surface area contributed by atoms with Gasteiger partial charge in [-0.25, -0.2) is 0 Å². The van der Waals surface area contributed by atoms with Gasteiger partial charge in [-0.15, -0.1) is 0 Å². The fourth-order valence-electron chi connectivity index (χ4n) is 1.96. The molecule has 2 rings (SSSR count). The molecule has 26 heavy (non-hydrogen) atoms. The number of hydrogen-bond donors (Lipinski definition) is 0. The molecule has 1 fully saturated rings. The summed E-state index contributed by atoms with van der Waals surface area (Å²) in [4.78, 5) is 11.6. The van der Waals surface area contributed by atoms with Gasteiger partial charge < -0.3 is 19.6 Å². The van der Waals surface area contributed by atoms with Gasteiger partial charge in [0.25, 0.3) is 0 Å². The minimum absolute atomic E-state index is 0.368. The molecule has 0 unspecified atom stereocenters. The van der Waals surface area contributed by atoms with E-state index in [0.717, 1.165) is 37.7 Å². The SMILES string of the molecule is C1CCOC1.CN(C)CCN=C([N-][Si](C)(C)C)c1ccccc1.[Cl][V][Cl]. The Kier molecular flexibility index (Phi) is 16.0. The number of amidine groups is 1. The molecule has 0 spiro atoms. The van der Waals surface area contributed by atoms with Crippen molar-refractivity contribution in [2.24, 2.45) is 4.99 Å². The molecule has 1 saturated heterocycles. The summed E-state index contributed by atoms with van der Waals surface area (Å²) in [7, 11) is 12.3. The van der Waals surface area contributed by atoms with E-state index in [0.29, 0.717) is 0 Å². The van der Waals surface area contributed by atoms with Crippen LogP contribution in [0.1, 0.15) is 18.4 Å². The molecule has 0 saturated carbocycles. The van der Waals surface area contributed by atoms with Crippen LogP contribution in [-0.4, -0.2) is 59.4 Å². The van der Waals surface area contributed by atoms with Gasteiger partial charge in [-0.2, -0.15) is 0 Å². The van der Waals surface area contributed by atoms with E-state index in [1.165, 1.54) is 12.8 Å². The molecule has 8 heteroatoms. The topological polar surface area (TPSA) is 38.9 Å². The number of likely N-dealkylation sites (N-methyl/N-ethyl adjacent to an activating group) is 1. The van der Waals surface area contributed by atoms with Gasteiger partial charge in [0.15, 0.2) is 0 Å². The number of hydrogen-bond acceptors (Lipinski definition) is 3. The van der Waals surface area contributed by atoms with Crippen LogP contribution in [0, 0.1) is 0 Å². The van der Waals surface area contributed by atoms with Crippen molar-refractivity contribution in [3.63, 3.8) is 0 Å². The molecule has 1 aliphatic heterocycles. The average molecular weight is 456 g/mol. The maximum absolute atomic E-state index is 4.94. The summed E-state index contributed by atoms with van der Waals surface area (Å²) in [6.45, 7) is 10.5. The Labute approximate surface area is 176 Å². The Balaban J connectivity index is 0.000000644. The van der Waals surface area contributed by atoms with Crippen molar-refractivity contribution < 1.29 is 19.1 Å². The summed E-state index contributed by atoms with van der Waals surface area (Å²) in [6, 6.07) is 10.3. The van der Waals surface area contributed by atoms with Crippen LogP contribution in [0.15, 0.2) is 35.3 Å². The second-order valence-electron chi connectivity index (χ2n) is 7.04. The molecule has 0 radical (unpaired) electrons. The van der Waals surface area contributed by atoms with Crippen LogP contribution >= 0.6 is 19.7 Å². The van der Waals surface area contributed by atoms with E-state index < -0.39 is 8.24 Å². The number of nitrogens with zero attached hydrogens (tertiary/aromatic N) is 3. The first-order valence-corrected chi connectivity index (χ1v) is 16.1. The normalized spacial score (nSPS) is 14.1. The molecule has 0 aliphatic carbocycles. The molecule has 1 aromatic rings. The minimum atomic E-state index is -1.50. The third-order valence-corrected chi connectivity index (χ3v) is 3.99. The van der Waals surface area contributed by atoms with E-state index in [1.54, 1.807) is 0 Å². The van der Waals surface area contributed by atoms with Crippen molar-refractivity contribution >= 4 is 33.8 Å². The zero-order valence-electron chi connectivity index (χ0n) is 16.6. The summed E-state index contributed by atoms with van der Waals surface area (Å²) in [6.07, 6.45) is 2.56.